The SMILES string of the molecule is CC(C)(C)NC(=O)c1cnc(Nc2ccc(Br)cc2)nc1. The molecule has 21 heavy (non-hydrogen) atoms. The molecule has 0 aliphatic heterocycles. The predicted molar refractivity (Wildman–Crippen MR) is 86.7 cm³/mol. The van der Waals surface area contributed by atoms with Gasteiger partial charge in [0.15, 0.2) is 0 Å². The number of benzene rings is 1. The number of nitrogens with zero attached hydrogens (tertiary/aromatic N) is 2. The van der Waals surface area contributed by atoms with E-state index in [1.165, 1.54) is 12.4 Å². The van der Waals surface area contributed by atoms with E-state index in [0.717, 1.165) is 10.2 Å². The summed E-state index contributed by atoms with van der Waals surface area (Å²) in [7, 11) is 0. The summed E-state index contributed by atoms with van der Waals surface area (Å²) in [6, 6.07) is 7.67. The van der Waals surface area contributed by atoms with Crippen molar-refractivity contribution in [3.05, 3.63) is 46.7 Å². The molecular formula is C15H17BrN4O. The van der Waals surface area contributed by atoms with Crippen LogP contribution in [-0.2, 0) is 0 Å². The summed E-state index contributed by atoms with van der Waals surface area (Å²) in [6.07, 6.45) is 3.02. The Bertz CT molecular complexity index is 618. The molecule has 1 heterocycles. The van der Waals surface area contributed by atoms with Crippen LogP contribution < -0.4 is 10.6 Å². The van der Waals surface area contributed by atoms with Gasteiger partial charge in [0.25, 0.3) is 5.91 Å². The molecule has 0 saturated carbocycles. The molecule has 0 unspecified atom stereocenters. The molecule has 1 amide bonds. The molecule has 2 aromatic rings. The standard InChI is InChI=1S/C15H17BrN4O/c1-15(2,3)20-13(21)10-8-17-14(18-9-10)19-12-6-4-11(16)5-7-12/h4-9H,1-3H3,(H,20,21)(H,17,18,19). The molecule has 0 aliphatic rings. The maximum absolute atomic E-state index is 12.0. The van der Waals surface area contributed by atoms with Crippen LogP contribution in [0.3, 0.4) is 0 Å². The van der Waals surface area contributed by atoms with Gasteiger partial charge in [-0.2, -0.15) is 0 Å². The van der Waals surface area contributed by atoms with E-state index in [1.807, 2.05) is 45.0 Å². The van der Waals surface area contributed by atoms with Crippen molar-refractivity contribution >= 4 is 33.5 Å². The van der Waals surface area contributed by atoms with Crippen LogP contribution >= 0.6 is 15.9 Å². The Morgan fingerprint density at radius 3 is 2.19 bits per heavy atom. The minimum atomic E-state index is -0.286. The zero-order valence-corrected chi connectivity index (χ0v) is 13.7. The molecule has 0 fully saturated rings. The van der Waals surface area contributed by atoms with E-state index in [-0.39, 0.29) is 11.4 Å². The third-order valence-corrected chi connectivity index (χ3v) is 3.03. The largest absolute Gasteiger partial charge is 0.347 e. The number of nitrogens with one attached hydrogen (secondary N) is 2. The number of carbonyl (C=O) groups excluding carboxylic acids is 1. The monoisotopic (exact) mass is 348 g/mol. The Labute approximate surface area is 132 Å². The first-order valence-electron chi connectivity index (χ1n) is 6.51. The first-order chi connectivity index (χ1) is 9.83. The lowest BCUT2D eigenvalue weighted by atomic mass is 10.1. The van der Waals surface area contributed by atoms with Crippen molar-refractivity contribution in [1.29, 1.82) is 0 Å². The van der Waals surface area contributed by atoms with Gasteiger partial charge in [-0.25, -0.2) is 9.97 Å². The van der Waals surface area contributed by atoms with Gasteiger partial charge in [0.05, 0.1) is 5.56 Å². The van der Waals surface area contributed by atoms with Crippen molar-refractivity contribution in [3.63, 3.8) is 0 Å². The maximum Gasteiger partial charge on any atom is 0.254 e. The second-order valence-corrected chi connectivity index (χ2v) is 6.55. The molecule has 0 aliphatic carbocycles. The first-order valence-corrected chi connectivity index (χ1v) is 7.30. The normalized spacial score (nSPS) is 11.0. The Morgan fingerprint density at radius 1 is 1.10 bits per heavy atom. The Kier molecular flexibility index (Phi) is 4.57. The van der Waals surface area contributed by atoms with Gasteiger partial charge in [-0.1, -0.05) is 15.9 Å². The number of aromatic nitrogens is 2. The van der Waals surface area contributed by atoms with Gasteiger partial charge in [-0.3, -0.25) is 4.79 Å². The molecule has 5 nitrogen and oxygen atoms in total. The van der Waals surface area contributed by atoms with Crippen molar-refractivity contribution in [3.8, 4) is 0 Å². The van der Waals surface area contributed by atoms with E-state index in [9.17, 15) is 4.79 Å². The number of carbonyl (C=O) groups is 1. The number of hydrogen-bond acceptors (Lipinski definition) is 4. The van der Waals surface area contributed by atoms with Gasteiger partial charge in [0.2, 0.25) is 5.95 Å². The molecule has 2 rings (SSSR count). The van der Waals surface area contributed by atoms with Crippen LogP contribution in [0.1, 0.15) is 31.1 Å². The van der Waals surface area contributed by atoms with Crippen LogP contribution in [0.5, 0.6) is 0 Å². The minimum Gasteiger partial charge on any atom is -0.347 e. The van der Waals surface area contributed by atoms with E-state index in [4.69, 9.17) is 0 Å². The van der Waals surface area contributed by atoms with Crippen LogP contribution in [0.4, 0.5) is 11.6 Å². The Morgan fingerprint density at radius 2 is 1.67 bits per heavy atom. The molecule has 1 aromatic heterocycles. The predicted octanol–water partition coefficient (Wildman–Crippen LogP) is 3.51. The fourth-order valence-electron chi connectivity index (χ4n) is 1.58. The lowest BCUT2D eigenvalue weighted by Gasteiger charge is -2.20. The minimum absolute atomic E-state index is 0.183. The average molecular weight is 349 g/mol. The van der Waals surface area contributed by atoms with Gasteiger partial charge in [-0.05, 0) is 45.0 Å². The summed E-state index contributed by atoms with van der Waals surface area (Å²) in [5.41, 5.74) is 1.03. The van der Waals surface area contributed by atoms with Crippen molar-refractivity contribution in [2.24, 2.45) is 0 Å². The molecule has 110 valence electrons. The van der Waals surface area contributed by atoms with Gasteiger partial charge in [0.1, 0.15) is 0 Å². The van der Waals surface area contributed by atoms with Gasteiger partial charge < -0.3 is 10.6 Å². The van der Waals surface area contributed by atoms with Gasteiger partial charge >= 0.3 is 0 Å². The Balaban J connectivity index is 2.05. The number of amides is 1. The quantitative estimate of drug-likeness (QED) is 0.890. The fourth-order valence-corrected chi connectivity index (χ4v) is 1.85. The van der Waals surface area contributed by atoms with E-state index in [1.54, 1.807) is 0 Å². The zero-order chi connectivity index (χ0) is 15.5. The number of halogens is 1. The Hall–Kier alpha value is -1.95. The first kappa shape index (κ1) is 15.4. The molecular weight excluding hydrogens is 332 g/mol. The summed E-state index contributed by atoms with van der Waals surface area (Å²) in [6.45, 7) is 5.78. The van der Waals surface area contributed by atoms with Crippen LogP contribution in [0.25, 0.3) is 0 Å². The maximum atomic E-state index is 12.0. The van der Waals surface area contributed by atoms with Crippen LogP contribution in [-0.4, -0.2) is 21.4 Å². The molecule has 0 radical (unpaired) electrons. The van der Waals surface area contributed by atoms with Crippen LogP contribution in [0.15, 0.2) is 41.1 Å². The third-order valence-electron chi connectivity index (χ3n) is 2.50. The van der Waals surface area contributed by atoms with Crippen LogP contribution in [0.2, 0.25) is 0 Å². The summed E-state index contributed by atoms with van der Waals surface area (Å²) < 4.78 is 1.00. The fraction of sp³-hybridized carbons (Fsp3) is 0.267. The molecule has 1 aromatic carbocycles. The van der Waals surface area contributed by atoms with E-state index >= 15 is 0 Å². The van der Waals surface area contributed by atoms with Crippen molar-refractivity contribution in [2.75, 3.05) is 5.32 Å². The lowest BCUT2D eigenvalue weighted by Crippen LogP contribution is -2.40. The highest BCUT2D eigenvalue weighted by molar-refractivity contribution is 9.10. The highest BCUT2D eigenvalue weighted by Crippen LogP contribution is 2.16. The summed E-state index contributed by atoms with van der Waals surface area (Å²) in [5, 5.41) is 5.94. The molecule has 0 atom stereocenters. The molecule has 0 saturated heterocycles. The second kappa shape index (κ2) is 6.22. The van der Waals surface area contributed by atoms with Crippen molar-refractivity contribution in [2.45, 2.75) is 26.3 Å². The molecule has 0 spiro atoms. The highest BCUT2D eigenvalue weighted by Gasteiger charge is 2.15. The lowest BCUT2D eigenvalue weighted by molar-refractivity contribution is 0.0919. The van der Waals surface area contributed by atoms with Gasteiger partial charge in [0, 0.05) is 28.1 Å². The number of anilines is 2. The van der Waals surface area contributed by atoms with Crippen LogP contribution in [0, 0.1) is 0 Å². The van der Waals surface area contributed by atoms with E-state index in [2.05, 4.69) is 36.5 Å². The molecule has 0 bridgehead atoms. The number of hydrogen-bond donors (Lipinski definition) is 2. The topological polar surface area (TPSA) is 66.9 Å². The smallest absolute Gasteiger partial charge is 0.254 e. The molecule has 2 N–H and O–H groups in total. The second-order valence-electron chi connectivity index (χ2n) is 5.63. The van der Waals surface area contributed by atoms with E-state index in [0.29, 0.717) is 11.5 Å². The van der Waals surface area contributed by atoms with E-state index < -0.39 is 0 Å². The third kappa shape index (κ3) is 4.82. The van der Waals surface area contributed by atoms with Gasteiger partial charge in [-0.15, -0.1) is 0 Å². The molecule has 6 heteroatoms. The summed E-state index contributed by atoms with van der Waals surface area (Å²) in [5.74, 6) is 0.266. The number of rotatable bonds is 3. The zero-order valence-electron chi connectivity index (χ0n) is 12.1. The average Bonchev–Trinajstić information content (AvgIpc) is 2.40. The highest BCUT2D eigenvalue weighted by atomic mass is 79.9. The summed E-state index contributed by atoms with van der Waals surface area (Å²) in [4.78, 5) is 20.3. The van der Waals surface area contributed by atoms with Crippen molar-refractivity contribution in [1.82, 2.24) is 15.3 Å². The summed E-state index contributed by atoms with van der Waals surface area (Å²) >= 11 is 3.38. The van der Waals surface area contributed by atoms with Crippen molar-refractivity contribution < 1.29 is 4.79 Å².